The van der Waals surface area contributed by atoms with Crippen molar-refractivity contribution < 1.29 is 4.74 Å². The highest BCUT2D eigenvalue weighted by Gasteiger charge is 2.27. The van der Waals surface area contributed by atoms with Crippen LogP contribution in [0.3, 0.4) is 0 Å². The molecule has 12 heavy (non-hydrogen) atoms. The molecule has 0 aromatic heterocycles. The first-order valence-electron chi connectivity index (χ1n) is 4.26. The van der Waals surface area contributed by atoms with Gasteiger partial charge in [-0.1, -0.05) is 0 Å². The van der Waals surface area contributed by atoms with E-state index >= 15 is 0 Å². The van der Waals surface area contributed by atoms with Crippen LogP contribution in [0.4, 0.5) is 0 Å². The van der Waals surface area contributed by atoms with Gasteiger partial charge in [0.2, 0.25) is 0 Å². The van der Waals surface area contributed by atoms with Crippen LogP contribution in [0.15, 0.2) is 11.3 Å². The minimum atomic E-state index is 0.500. The highest BCUT2D eigenvalue weighted by Crippen LogP contribution is 2.26. The third-order valence-corrected chi connectivity index (χ3v) is 2.78. The summed E-state index contributed by atoms with van der Waals surface area (Å²) in [6.45, 7) is 7.15. The first-order valence-corrected chi connectivity index (χ1v) is 4.26. The zero-order valence-electron chi connectivity index (χ0n) is 8.59. The van der Waals surface area contributed by atoms with Crippen LogP contribution < -0.4 is 0 Å². The van der Waals surface area contributed by atoms with Crippen molar-refractivity contribution in [2.45, 2.75) is 26.8 Å². The second-order valence-corrected chi connectivity index (χ2v) is 3.34. The second kappa shape index (κ2) is 3.46. The first kappa shape index (κ1) is 9.55. The van der Waals surface area contributed by atoms with Crippen molar-refractivity contribution >= 4 is 0 Å². The minimum absolute atomic E-state index is 0.500. The number of rotatable bonds is 2. The van der Waals surface area contributed by atoms with Crippen LogP contribution in [0, 0.1) is 0 Å². The number of allylic oxidation sites excluding steroid dienone is 1. The number of hydrogen-bond donors (Lipinski definition) is 0. The lowest BCUT2D eigenvalue weighted by molar-refractivity contribution is -0.0469. The summed E-state index contributed by atoms with van der Waals surface area (Å²) in [5.74, 6) is 0. The van der Waals surface area contributed by atoms with E-state index < -0.39 is 0 Å². The van der Waals surface area contributed by atoms with Gasteiger partial charge in [-0.05, 0) is 26.3 Å². The molecule has 1 aliphatic rings. The summed E-state index contributed by atoms with van der Waals surface area (Å²) in [4.78, 5) is 0. The molecule has 1 atom stereocenters. The van der Waals surface area contributed by atoms with Crippen LogP contribution >= 0.6 is 0 Å². The van der Waals surface area contributed by atoms with E-state index in [2.05, 4.69) is 37.8 Å². The Kier molecular flexibility index (Phi) is 2.75. The SMILES string of the molecule is COCN1C(C)=C(C)C(C)N1C. The maximum absolute atomic E-state index is 5.11. The Hall–Kier alpha value is -0.540. The fourth-order valence-electron chi connectivity index (χ4n) is 1.54. The average Bonchev–Trinajstić information content (AvgIpc) is 2.23. The van der Waals surface area contributed by atoms with Crippen LogP contribution in [-0.2, 0) is 4.74 Å². The molecule has 1 rings (SSSR count). The van der Waals surface area contributed by atoms with Crippen LogP contribution in [-0.4, -0.2) is 36.9 Å². The maximum Gasteiger partial charge on any atom is 0.132 e. The number of hydrazine groups is 1. The lowest BCUT2D eigenvalue weighted by Crippen LogP contribution is -2.38. The molecule has 0 amide bonds. The van der Waals surface area contributed by atoms with Gasteiger partial charge in [0, 0.05) is 25.9 Å². The predicted octanol–water partition coefficient (Wildman–Crippen LogP) is 1.44. The molecule has 0 aromatic carbocycles. The quantitative estimate of drug-likeness (QED) is 0.623. The van der Waals surface area contributed by atoms with Gasteiger partial charge in [-0.3, -0.25) is 5.01 Å². The highest BCUT2D eigenvalue weighted by molar-refractivity contribution is 5.18. The molecule has 0 bridgehead atoms. The van der Waals surface area contributed by atoms with E-state index in [1.165, 1.54) is 11.3 Å². The lowest BCUT2D eigenvalue weighted by atomic mass is 10.1. The standard InChI is InChI=1S/C9H18N2O/c1-7-8(2)10(4)11(6-12-5)9(7)3/h8H,6H2,1-5H3. The van der Waals surface area contributed by atoms with Crippen molar-refractivity contribution in [3.05, 3.63) is 11.3 Å². The van der Waals surface area contributed by atoms with Gasteiger partial charge in [-0.2, -0.15) is 0 Å². The summed E-state index contributed by atoms with van der Waals surface area (Å²) >= 11 is 0. The van der Waals surface area contributed by atoms with E-state index in [-0.39, 0.29) is 0 Å². The molecular weight excluding hydrogens is 152 g/mol. The fraction of sp³-hybridized carbons (Fsp3) is 0.778. The molecular formula is C9H18N2O. The molecule has 3 heteroatoms. The smallest absolute Gasteiger partial charge is 0.132 e. The lowest BCUT2D eigenvalue weighted by Gasteiger charge is -2.29. The Morgan fingerprint density at radius 2 is 2.00 bits per heavy atom. The van der Waals surface area contributed by atoms with Gasteiger partial charge in [0.25, 0.3) is 0 Å². The Balaban J connectivity index is 2.76. The zero-order chi connectivity index (χ0) is 9.30. The van der Waals surface area contributed by atoms with Gasteiger partial charge in [0.15, 0.2) is 0 Å². The molecule has 1 unspecified atom stereocenters. The molecule has 0 saturated carbocycles. The zero-order valence-corrected chi connectivity index (χ0v) is 8.59. The Morgan fingerprint density at radius 3 is 2.33 bits per heavy atom. The topological polar surface area (TPSA) is 15.7 Å². The molecule has 1 aliphatic heterocycles. The highest BCUT2D eigenvalue weighted by atomic mass is 16.5. The van der Waals surface area contributed by atoms with Gasteiger partial charge < -0.3 is 4.74 Å². The van der Waals surface area contributed by atoms with Gasteiger partial charge >= 0.3 is 0 Å². The van der Waals surface area contributed by atoms with Crippen LogP contribution in [0.5, 0.6) is 0 Å². The van der Waals surface area contributed by atoms with Crippen molar-refractivity contribution in [1.29, 1.82) is 0 Å². The minimum Gasteiger partial charge on any atom is -0.363 e. The molecule has 0 aromatic rings. The Labute approximate surface area is 74.6 Å². The van der Waals surface area contributed by atoms with E-state index in [0.29, 0.717) is 12.8 Å². The molecule has 0 fully saturated rings. The predicted molar refractivity (Wildman–Crippen MR) is 49.3 cm³/mol. The van der Waals surface area contributed by atoms with E-state index in [4.69, 9.17) is 4.74 Å². The summed E-state index contributed by atoms with van der Waals surface area (Å²) in [5, 5.41) is 4.36. The van der Waals surface area contributed by atoms with Crippen molar-refractivity contribution in [1.82, 2.24) is 10.0 Å². The van der Waals surface area contributed by atoms with E-state index in [9.17, 15) is 0 Å². The normalized spacial score (nSPS) is 25.8. The third kappa shape index (κ3) is 1.34. The summed E-state index contributed by atoms with van der Waals surface area (Å²) in [6, 6.07) is 0.500. The first-order chi connectivity index (χ1) is 5.59. The molecule has 1 heterocycles. The van der Waals surface area contributed by atoms with Crippen molar-refractivity contribution in [2.75, 3.05) is 20.9 Å². The van der Waals surface area contributed by atoms with Gasteiger partial charge in [0.05, 0.1) is 0 Å². The average molecular weight is 170 g/mol. The second-order valence-electron chi connectivity index (χ2n) is 3.34. The molecule has 0 aliphatic carbocycles. The molecule has 70 valence electrons. The summed E-state index contributed by atoms with van der Waals surface area (Å²) in [7, 11) is 3.81. The third-order valence-electron chi connectivity index (χ3n) is 2.78. The number of hydrogen-bond acceptors (Lipinski definition) is 3. The fourth-order valence-corrected chi connectivity index (χ4v) is 1.54. The van der Waals surface area contributed by atoms with Gasteiger partial charge in [0.1, 0.15) is 6.73 Å². The number of ether oxygens (including phenoxy) is 1. The Bertz CT molecular complexity index is 201. The van der Waals surface area contributed by atoms with E-state index in [1.54, 1.807) is 7.11 Å². The van der Waals surface area contributed by atoms with Crippen molar-refractivity contribution in [3.63, 3.8) is 0 Å². The number of likely N-dealkylation sites (N-methyl/N-ethyl adjacent to an activating group) is 1. The van der Waals surface area contributed by atoms with Gasteiger partial charge in [-0.25, -0.2) is 5.01 Å². The Morgan fingerprint density at radius 1 is 1.42 bits per heavy atom. The monoisotopic (exact) mass is 170 g/mol. The van der Waals surface area contributed by atoms with Crippen LogP contribution in [0.2, 0.25) is 0 Å². The van der Waals surface area contributed by atoms with Crippen molar-refractivity contribution in [3.8, 4) is 0 Å². The molecule has 0 saturated heterocycles. The van der Waals surface area contributed by atoms with Crippen molar-refractivity contribution in [2.24, 2.45) is 0 Å². The largest absolute Gasteiger partial charge is 0.363 e. The number of nitrogens with zero attached hydrogens (tertiary/aromatic N) is 2. The van der Waals surface area contributed by atoms with Gasteiger partial charge in [-0.15, -0.1) is 0 Å². The molecule has 0 spiro atoms. The molecule has 0 radical (unpaired) electrons. The number of methoxy groups -OCH3 is 1. The maximum atomic E-state index is 5.11. The summed E-state index contributed by atoms with van der Waals surface area (Å²) in [6.07, 6.45) is 0. The summed E-state index contributed by atoms with van der Waals surface area (Å²) < 4.78 is 5.11. The van der Waals surface area contributed by atoms with E-state index in [1.807, 2.05) is 0 Å². The molecule has 0 N–H and O–H groups in total. The van der Waals surface area contributed by atoms with Crippen LogP contribution in [0.1, 0.15) is 20.8 Å². The summed E-state index contributed by atoms with van der Waals surface area (Å²) in [5.41, 5.74) is 2.74. The molecule has 3 nitrogen and oxygen atoms in total. The van der Waals surface area contributed by atoms with Crippen LogP contribution in [0.25, 0.3) is 0 Å². The van der Waals surface area contributed by atoms with E-state index in [0.717, 1.165) is 0 Å².